The highest BCUT2D eigenvalue weighted by Crippen LogP contribution is 2.25. The molecule has 0 aromatic heterocycles. The molecule has 0 spiro atoms. The van der Waals surface area contributed by atoms with E-state index >= 15 is 0 Å². The highest BCUT2D eigenvalue weighted by atomic mass is 32.2. The molecule has 1 aliphatic rings. The number of aryl methyl sites for hydroxylation is 2. The Labute approximate surface area is 155 Å². The number of carbonyl (C=O) groups excluding carboxylic acids is 1. The molecule has 1 aliphatic heterocycles. The predicted octanol–water partition coefficient (Wildman–Crippen LogP) is 3.34. The Hall–Kier alpha value is -2.18. The molecule has 2 aromatic rings. The minimum Gasteiger partial charge on any atom is -0.326 e. The van der Waals surface area contributed by atoms with E-state index in [1.165, 1.54) is 9.87 Å². The molecular formula is C20H24N2O3S. The molecule has 1 saturated heterocycles. The second-order valence-corrected chi connectivity index (χ2v) is 8.74. The normalized spacial score (nSPS) is 18.5. The Morgan fingerprint density at radius 1 is 1.08 bits per heavy atom. The summed E-state index contributed by atoms with van der Waals surface area (Å²) in [6.07, 6.45) is 1.37. The molecule has 0 radical (unpaired) electrons. The zero-order valence-corrected chi connectivity index (χ0v) is 15.9. The third-order valence-electron chi connectivity index (χ3n) is 4.91. The van der Waals surface area contributed by atoms with E-state index in [4.69, 9.17) is 0 Å². The van der Waals surface area contributed by atoms with Crippen molar-refractivity contribution >= 4 is 21.6 Å². The molecule has 3 rings (SSSR count). The van der Waals surface area contributed by atoms with Crippen LogP contribution in [0.4, 0.5) is 5.69 Å². The second-order valence-electron chi connectivity index (χ2n) is 6.80. The van der Waals surface area contributed by atoms with Crippen LogP contribution in [0.5, 0.6) is 0 Å². The fourth-order valence-corrected chi connectivity index (χ4v) is 4.72. The predicted molar refractivity (Wildman–Crippen MR) is 102 cm³/mol. The number of nitrogens with one attached hydrogen (secondary N) is 1. The van der Waals surface area contributed by atoms with Crippen molar-refractivity contribution in [2.45, 2.75) is 31.6 Å². The zero-order valence-electron chi connectivity index (χ0n) is 15.1. The van der Waals surface area contributed by atoms with E-state index in [-0.39, 0.29) is 23.3 Å². The van der Waals surface area contributed by atoms with Crippen LogP contribution in [0.1, 0.15) is 24.0 Å². The minimum absolute atomic E-state index is 0.124. The van der Waals surface area contributed by atoms with E-state index in [2.05, 4.69) is 5.32 Å². The summed E-state index contributed by atoms with van der Waals surface area (Å²) in [7, 11) is -3.56. The first kappa shape index (κ1) is 18.6. The fraction of sp³-hybridized carbons (Fsp3) is 0.350. The lowest BCUT2D eigenvalue weighted by Gasteiger charge is -2.31. The number of benzene rings is 2. The maximum atomic E-state index is 12.8. The summed E-state index contributed by atoms with van der Waals surface area (Å²) in [5.74, 6) is -0.468. The van der Waals surface area contributed by atoms with Gasteiger partial charge in [-0.3, -0.25) is 4.79 Å². The number of rotatable bonds is 4. The van der Waals surface area contributed by atoms with Gasteiger partial charge < -0.3 is 5.32 Å². The van der Waals surface area contributed by atoms with Crippen molar-refractivity contribution in [2.75, 3.05) is 18.4 Å². The maximum absolute atomic E-state index is 12.8. The van der Waals surface area contributed by atoms with Gasteiger partial charge in [0.15, 0.2) is 0 Å². The lowest BCUT2D eigenvalue weighted by atomic mass is 9.98. The number of nitrogens with zero attached hydrogens (tertiary/aromatic N) is 1. The van der Waals surface area contributed by atoms with Crippen LogP contribution in [0.3, 0.4) is 0 Å². The quantitative estimate of drug-likeness (QED) is 0.895. The van der Waals surface area contributed by atoms with Gasteiger partial charge in [-0.15, -0.1) is 0 Å². The van der Waals surface area contributed by atoms with Crippen LogP contribution in [-0.2, 0) is 14.8 Å². The van der Waals surface area contributed by atoms with Gasteiger partial charge in [0.1, 0.15) is 0 Å². The molecule has 6 heteroatoms. The maximum Gasteiger partial charge on any atom is 0.243 e. The number of sulfonamides is 1. The molecule has 1 fully saturated rings. The van der Waals surface area contributed by atoms with Crippen LogP contribution < -0.4 is 5.32 Å². The standard InChI is InChI=1S/C20H24N2O3S/c1-15-10-11-18(13-16(15)2)21-20(23)17-7-6-12-22(14-17)26(24,25)19-8-4-3-5-9-19/h3-5,8-11,13,17H,6-7,12,14H2,1-2H3,(H,21,23)/t17-/m0/s1. The summed E-state index contributed by atoms with van der Waals surface area (Å²) >= 11 is 0. The van der Waals surface area contributed by atoms with Crippen LogP contribution in [0.2, 0.25) is 0 Å². The first-order valence-electron chi connectivity index (χ1n) is 8.81. The highest BCUT2D eigenvalue weighted by molar-refractivity contribution is 7.89. The van der Waals surface area contributed by atoms with Crippen molar-refractivity contribution in [3.63, 3.8) is 0 Å². The fourth-order valence-electron chi connectivity index (χ4n) is 3.18. The number of carbonyl (C=O) groups is 1. The molecule has 1 N–H and O–H groups in total. The highest BCUT2D eigenvalue weighted by Gasteiger charge is 2.33. The number of anilines is 1. The SMILES string of the molecule is Cc1ccc(NC(=O)[C@H]2CCCN(S(=O)(=O)c3ccccc3)C2)cc1C. The average Bonchev–Trinajstić information content (AvgIpc) is 2.65. The van der Waals surface area contributed by atoms with Crippen LogP contribution in [0.15, 0.2) is 53.4 Å². The Kier molecular flexibility index (Phi) is 5.44. The number of hydrogen-bond donors (Lipinski definition) is 1. The van der Waals surface area contributed by atoms with Crippen LogP contribution in [0.25, 0.3) is 0 Å². The average molecular weight is 372 g/mol. The Morgan fingerprint density at radius 3 is 2.50 bits per heavy atom. The molecule has 1 heterocycles. The van der Waals surface area contributed by atoms with Gasteiger partial charge in [-0.05, 0) is 62.1 Å². The van der Waals surface area contributed by atoms with E-state index in [1.54, 1.807) is 30.3 Å². The number of amides is 1. The van der Waals surface area contributed by atoms with Gasteiger partial charge in [0, 0.05) is 18.8 Å². The van der Waals surface area contributed by atoms with Gasteiger partial charge in [-0.1, -0.05) is 24.3 Å². The third-order valence-corrected chi connectivity index (χ3v) is 6.79. The summed E-state index contributed by atoms with van der Waals surface area (Å²) in [5.41, 5.74) is 3.03. The van der Waals surface area contributed by atoms with Crippen LogP contribution in [-0.4, -0.2) is 31.7 Å². The zero-order chi connectivity index (χ0) is 18.7. The molecule has 0 aliphatic carbocycles. The van der Waals surface area contributed by atoms with Gasteiger partial charge in [-0.25, -0.2) is 8.42 Å². The number of piperidine rings is 1. The van der Waals surface area contributed by atoms with Gasteiger partial charge >= 0.3 is 0 Å². The van der Waals surface area contributed by atoms with E-state index in [0.717, 1.165) is 11.3 Å². The van der Waals surface area contributed by atoms with Crippen molar-refractivity contribution in [1.82, 2.24) is 4.31 Å². The van der Waals surface area contributed by atoms with Gasteiger partial charge in [0.25, 0.3) is 0 Å². The molecule has 5 nitrogen and oxygen atoms in total. The van der Waals surface area contributed by atoms with Gasteiger partial charge in [0.05, 0.1) is 10.8 Å². The molecule has 0 unspecified atom stereocenters. The van der Waals surface area contributed by atoms with Crippen LogP contribution >= 0.6 is 0 Å². The summed E-state index contributed by atoms with van der Waals surface area (Å²) in [4.78, 5) is 12.9. The molecule has 26 heavy (non-hydrogen) atoms. The lowest BCUT2D eigenvalue weighted by Crippen LogP contribution is -2.43. The molecular weight excluding hydrogens is 348 g/mol. The minimum atomic E-state index is -3.56. The third kappa shape index (κ3) is 3.97. The molecule has 0 bridgehead atoms. The van der Waals surface area contributed by atoms with E-state index < -0.39 is 10.0 Å². The molecule has 138 valence electrons. The Bertz CT molecular complexity index is 895. The van der Waals surface area contributed by atoms with Gasteiger partial charge in [0.2, 0.25) is 15.9 Å². The van der Waals surface area contributed by atoms with Gasteiger partial charge in [-0.2, -0.15) is 4.31 Å². The molecule has 1 amide bonds. The summed E-state index contributed by atoms with van der Waals surface area (Å²) in [5, 5.41) is 2.93. The van der Waals surface area contributed by atoms with E-state index in [9.17, 15) is 13.2 Å². The summed E-state index contributed by atoms with van der Waals surface area (Å²) < 4.78 is 27.0. The second kappa shape index (κ2) is 7.60. The van der Waals surface area contributed by atoms with Crippen molar-refractivity contribution in [3.05, 3.63) is 59.7 Å². The molecule has 1 atom stereocenters. The first-order valence-corrected chi connectivity index (χ1v) is 10.3. The number of hydrogen-bond acceptors (Lipinski definition) is 3. The lowest BCUT2D eigenvalue weighted by molar-refractivity contribution is -0.120. The van der Waals surface area contributed by atoms with E-state index in [0.29, 0.717) is 19.4 Å². The Balaban J connectivity index is 1.71. The monoisotopic (exact) mass is 372 g/mol. The Morgan fingerprint density at radius 2 is 1.81 bits per heavy atom. The summed E-state index contributed by atoms with van der Waals surface area (Å²) in [6, 6.07) is 14.2. The van der Waals surface area contributed by atoms with Crippen LogP contribution in [0, 0.1) is 19.8 Å². The van der Waals surface area contributed by atoms with Crippen molar-refractivity contribution in [3.8, 4) is 0 Å². The summed E-state index contributed by atoms with van der Waals surface area (Å²) in [6.45, 7) is 4.69. The van der Waals surface area contributed by atoms with E-state index in [1.807, 2.05) is 32.0 Å². The first-order chi connectivity index (χ1) is 12.4. The molecule has 2 aromatic carbocycles. The molecule has 0 saturated carbocycles. The topological polar surface area (TPSA) is 66.5 Å². The van der Waals surface area contributed by atoms with Crippen molar-refractivity contribution in [2.24, 2.45) is 5.92 Å². The van der Waals surface area contributed by atoms with Crippen molar-refractivity contribution < 1.29 is 13.2 Å². The smallest absolute Gasteiger partial charge is 0.243 e. The van der Waals surface area contributed by atoms with Crippen molar-refractivity contribution in [1.29, 1.82) is 0 Å². The largest absolute Gasteiger partial charge is 0.326 e.